The van der Waals surface area contributed by atoms with Crippen molar-refractivity contribution in [1.29, 1.82) is 0 Å². The summed E-state index contributed by atoms with van der Waals surface area (Å²) < 4.78 is 5.27. The van der Waals surface area contributed by atoms with Gasteiger partial charge in [0.2, 0.25) is 0 Å². The van der Waals surface area contributed by atoms with Crippen LogP contribution in [0.1, 0.15) is 13.8 Å². The fourth-order valence-corrected chi connectivity index (χ4v) is 1.82. The van der Waals surface area contributed by atoms with Crippen LogP contribution in [-0.2, 0) is 4.74 Å². The fourth-order valence-electron chi connectivity index (χ4n) is 1.82. The van der Waals surface area contributed by atoms with E-state index in [1.807, 2.05) is 31.2 Å². The van der Waals surface area contributed by atoms with Gasteiger partial charge in [0.1, 0.15) is 0 Å². The van der Waals surface area contributed by atoms with E-state index in [2.05, 4.69) is 22.4 Å². The highest BCUT2D eigenvalue weighted by molar-refractivity contribution is 5.62. The molecule has 3 N–H and O–H groups in total. The lowest BCUT2D eigenvalue weighted by molar-refractivity contribution is 0.106. The zero-order valence-electron chi connectivity index (χ0n) is 11.4. The van der Waals surface area contributed by atoms with Gasteiger partial charge >= 0.3 is 0 Å². The van der Waals surface area contributed by atoms with Crippen molar-refractivity contribution in [2.24, 2.45) is 0 Å². The average Bonchev–Trinajstić information content (AvgIpc) is 2.85. The molecule has 5 nitrogen and oxygen atoms in total. The van der Waals surface area contributed by atoms with Gasteiger partial charge in [-0.1, -0.05) is 12.1 Å². The molecule has 2 rings (SSSR count). The first-order valence-corrected chi connectivity index (χ1v) is 6.27. The second kappa shape index (κ2) is 5.75. The Morgan fingerprint density at radius 1 is 1.16 bits per heavy atom. The fraction of sp³-hybridized carbons (Fsp3) is 0.357. The van der Waals surface area contributed by atoms with Crippen LogP contribution < -0.4 is 10.9 Å². The number of benzene rings is 1. The molecule has 5 heteroatoms. The minimum absolute atomic E-state index is 0.125. The molecule has 2 atom stereocenters. The highest BCUT2D eigenvalue weighted by Crippen LogP contribution is 2.19. The van der Waals surface area contributed by atoms with Crippen molar-refractivity contribution in [2.75, 3.05) is 12.4 Å². The molecule has 102 valence electrons. The molecule has 19 heavy (non-hydrogen) atoms. The molecule has 0 saturated carbocycles. The van der Waals surface area contributed by atoms with Gasteiger partial charge in [-0.05, 0) is 31.5 Å². The first-order chi connectivity index (χ1) is 9.10. The van der Waals surface area contributed by atoms with E-state index < -0.39 is 0 Å². The van der Waals surface area contributed by atoms with Crippen molar-refractivity contribution in [3.63, 3.8) is 0 Å². The number of hydrogen-bond donors (Lipinski definition) is 3. The molecule has 0 fully saturated rings. The van der Waals surface area contributed by atoms with Gasteiger partial charge in [-0.15, -0.1) is 0 Å². The lowest BCUT2D eigenvalue weighted by Crippen LogP contribution is -2.29. The maximum absolute atomic E-state index is 11.1. The van der Waals surface area contributed by atoms with Gasteiger partial charge in [-0.25, -0.2) is 0 Å². The topological polar surface area (TPSA) is 69.9 Å². The average molecular weight is 261 g/mol. The van der Waals surface area contributed by atoms with Crippen LogP contribution in [0.3, 0.4) is 0 Å². The summed E-state index contributed by atoms with van der Waals surface area (Å²) in [4.78, 5) is 11.1. The van der Waals surface area contributed by atoms with Gasteiger partial charge in [-0.3, -0.25) is 15.0 Å². The number of rotatable bonds is 5. The Morgan fingerprint density at radius 3 is 2.37 bits per heavy atom. The number of ether oxygens (including phenoxy) is 1. The lowest BCUT2D eigenvalue weighted by Gasteiger charge is -2.21. The van der Waals surface area contributed by atoms with Crippen molar-refractivity contribution in [2.45, 2.75) is 26.0 Å². The van der Waals surface area contributed by atoms with Crippen molar-refractivity contribution in [1.82, 2.24) is 10.2 Å². The lowest BCUT2D eigenvalue weighted by atomic mass is 10.1. The van der Waals surface area contributed by atoms with Crippen LogP contribution in [0.15, 0.2) is 35.1 Å². The van der Waals surface area contributed by atoms with E-state index in [4.69, 9.17) is 4.74 Å². The highest BCUT2D eigenvalue weighted by Gasteiger charge is 2.10. The number of aromatic nitrogens is 2. The van der Waals surface area contributed by atoms with E-state index in [-0.39, 0.29) is 17.7 Å². The minimum atomic E-state index is -0.125. The third kappa shape index (κ3) is 3.26. The SMILES string of the molecule is COC(C)C(C)Nc1ccc(-c2cc(=O)[nH][nH]2)cc1. The predicted octanol–water partition coefficient (Wildman–Crippen LogP) is 2.21. The number of methoxy groups -OCH3 is 1. The Balaban J connectivity index is 2.08. The summed E-state index contributed by atoms with van der Waals surface area (Å²) in [5, 5.41) is 8.73. The third-order valence-corrected chi connectivity index (χ3v) is 3.26. The van der Waals surface area contributed by atoms with E-state index in [0.717, 1.165) is 16.9 Å². The quantitative estimate of drug-likeness (QED) is 0.772. The summed E-state index contributed by atoms with van der Waals surface area (Å²) in [7, 11) is 1.70. The molecular formula is C14H19N3O2. The van der Waals surface area contributed by atoms with Gasteiger partial charge in [0.25, 0.3) is 5.56 Å². The molecule has 1 aromatic carbocycles. The Morgan fingerprint density at radius 2 is 1.84 bits per heavy atom. The second-order valence-electron chi connectivity index (χ2n) is 4.62. The van der Waals surface area contributed by atoms with Crippen LogP contribution in [0.2, 0.25) is 0 Å². The maximum Gasteiger partial charge on any atom is 0.264 e. The monoisotopic (exact) mass is 261 g/mol. The van der Waals surface area contributed by atoms with Gasteiger partial charge < -0.3 is 10.1 Å². The second-order valence-corrected chi connectivity index (χ2v) is 4.62. The molecule has 0 aliphatic rings. The van der Waals surface area contributed by atoms with Gasteiger partial charge in [-0.2, -0.15) is 0 Å². The van der Waals surface area contributed by atoms with Crippen LogP contribution in [-0.4, -0.2) is 29.5 Å². The largest absolute Gasteiger partial charge is 0.380 e. The van der Waals surface area contributed by atoms with Gasteiger partial charge in [0.15, 0.2) is 0 Å². The van der Waals surface area contributed by atoms with Gasteiger partial charge in [0.05, 0.1) is 11.8 Å². The van der Waals surface area contributed by atoms with Crippen LogP contribution >= 0.6 is 0 Å². The van der Waals surface area contributed by atoms with Crippen LogP contribution in [0.5, 0.6) is 0 Å². The van der Waals surface area contributed by atoms with Crippen molar-refractivity contribution < 1.29 is 4.74 Å². The zero-order valence-corrected chi connectivity index (χ0v) is 11.4. The Hall–Kier alpha value is -2.01. The van der Waals surface area contributed by atoms with Crippen LogP contribution in [0, 0.1) is 0 Å². The molecule has 2 unspecified atom stereocenters. The minimum Gasteiger partial charge on any atom is -0.380 e. The number of aromatic amines is 2. The first kappa shape index (κ1) is 13.4. The summed E-state index contributed by atoms with van der Waals surface area (Å²) in [6, 6.07) is 9.66. The van der Waals surface area contributed by atoms with E-state index in [1.54, 1.807) is 7.11 Å². The van der Waals surface area contributed by atoms with Gasteiger partial charge in [0, 0.05) is 24.9 Å². The Labute approximate surface area is 112 Å². The van der Waals surface area contributed by atoms with Crippen molar-refractivity contribution in [3.05, 3.63) is 40.7 Å². The zero-order chi connectivity index (χ0) is 13.8. The molecule has 1 heterocycles. The number of hydrogen-bond acceptors (Lipinski definition) is 3. The normalized spacial score (nSPS) is 14.1. The summed E-state index contributed by atoms with van der Waals surface area (Å²) in [5.41, 5.74) is 2.66. The highest BCUT2D eigenvalue weighted by atomic mass is 16.5. The maximum atomic E-state index is 11.1. The standard InChI is InChI=1S/C14H19N3O2/c1-9(10(2)19-3)15-12-6-4-11(5-7-12)13-8-14(18)17-16-13/h4-10,15H,1-3H3,(H2,16,17,18). The first-order valence-electron chi connectivity index (χ1n) is 6.27. The molecule has 0 saturated heterocycles. The molecule has 0 aliphatic carbocycles. The number of H-pyrrole nitrogens is 2. The number of nitrogens with one attached hydrogen (secondary N) is 3. The van der Waals surface area contributed by atoms with Crippen molar-refractivity contribution in [3.8, 4) is 11.3 Å². The molecule has 0 radical (unpaired) electrons. The molecule has 0 spiro atoms. The summed E-state index contributed by atoms with van der Waals surface area (Å²) in [5.74, 6) is 0. The molecule has 2 aromatic rings. The smallest absolute Gasteiger partial charge is 0.264 e. The summed E-state index contributed by atoms with van der Waals surface area (Å²) in [6.07, 6.45) is 0.140. The van der Waals surface area contributed by atoms with Crippen molar-refractivity contribution >= 4 is 5.69 Å². The van der Waals surface area contributed by atoms with E-state index in [1.165, 1.54) is 6.07 Å². The molecule has 0 amide bonds. The van der Waals surface area contributed by atoms with E-state index in [9.17, 15) is 4.79 Å². The Kier molecular flexibility index (Phi) is 4.06. The molecular weight excluding hydrogens is 242 g/mol. The summed E-state index contributed by atoms with van der Waals surface area (Å²) >= 11 is 0. The molecule has 1 aromatic heterocycles. The van der Waals surface area contributed by atoms with Crippen LogP contribution in [0.25, 0.3) is 11.3 Å². The van der Waals surface area contributed by atoms with Crippen LogP contribution in [0.4, 0.5) is 5.69 Å². The predicted molar refractivity (Wildman–Crippen MR) is 76.4 cm³/mol. The third-order valence-electron chi connectivity index (χ3n) is 3.26. The number of anilines is 1. The molecule has 0 aliphatic heterocycles. The summed E-state index contributed by atoms with van der Waals surface area (Å²) in [6.45, 7) is 4.10. The van der Waals surface area contributed by atoms with E-state index in [0.29, 0.717) is 0 Å². The van der Waals surface area contributed by atoms with E-state index >= 15 is 0 Å². The Bertz CT molecular complexity index is 571. The molecule has 0 bridgehead atoms.